The molecular weight excluding hydrogens is 255 g/mol. The van der Waals surface area contributed by atoms with Crippen molar-refractivity contribution in [3.63, 3.8) is 0 Å². The Hall–Kier alpha value is -1.29. The van der Waals surface area contributed by atoms with Gasteiger partial charge in [-0.3, -0.25) is 0 Å². The number of halogens is 1. The van der Waals surface area contributed by atoms with E-state index in [0.29, 0.717) is 5.69 Å². The maximum atomic E-state index is 14.1. The average molecular weight is 282 g/mol. The molecule has 0 unspecified atom stereocenters. The largest absolute Gasteiger partial charge is 0.385 e. The highest BCUT2D eigenvalue weighted by atomic mass is 19.1. The second-order valence-electron chi connectivity index (χ2n) is 6.01. The van der Waals surface area contributed by atoms with E-state index in [4.69, 9.17) is 4.74 Å². The fourth-order valence-electron chi connectivity index (χ4n) is 1.79. The molecule has 20 heavy (non-hydrogen) atoms. The molecular formula is C16H27FN2O. The van der Waals surface area contributed by atoms with Crippen LogP contribution in [0.4, 0.5) is 15.8 Å². The molecule has 3 nitrogen and oxygen atoms in total. The van der Waals surface area contributed by atoms with Gasteiger partial charge < -0.3 is 15.0 Å². The Morgan fingerprint density at radius 1 is 1.35 bits per heavy atom. The third-order valence-electron chi connectivity index (χ3n) is 3.71. The molecule has 0 saturated carbocycles. The number of nitrogens with one attached hydrogen (secondary N) is 1. The third-order valence-corrected chi connectivity index (χ3v) is 3.71. The number of methoxy groups -OCH3 is 1. The van der Waals surface area contributed by atoms with Gasteiger partial charge in [-0.25, -0.2) is 4.39 Å². The Bertz CT molecular complexity index is 432. The molecule has 0 bridgehead atoms. The lowest BCUT2D eigenvalue weighted by molar-refractivity contribution is 0.0185. The summed E-state index contributed by atoms with van der Waals surface area (Å²) >= 11 is 0. The molecule has 0 aliphatic carbocycles. The molecule has 0 heterocycles. The van der Waals surface area contributed by atoms with Crippen molar-refractivity contribution in [2.45, 2.75) is 45.8 Å². The van der Waals surface area contributed by atoms with Crippen LogP contribution in [-0.2, 0) is 4.74 Å². The van der Waals surface area contributed by atoms with Gasteiger partial charge in [-0.15, -0.1) is 0 Å². The number of benzene rings is 1. The van der Waals surface area contributed by atoms with Crippen LogP contribution in [-0.4, -0.2) is 32.3 Å². The summed E-state index contributed by atoms with van der Waals surface area (Å²) < 4.78 is 19.4. The van der Waals surface area contributed by atoms with Crippen molar-refractivity contribution in [1.82, 2.24) is 0 Å². The maximum Gasteiger partial charge on any atom is 0.148 e. The van der Waals surface area contributed by atoms with Gasteiger partial charge in [0, 0.05) is 32.4 Å². The summed E-state index contributed by atoms with van der Waals surface area (Å²) in [6.45, 7) is 8.91. The minimum atomic E-state index is -0.197. The van der Waals surface area contributed by atoms with E-state index < -0.39 is 0 Å². The molecule has 0 aromatic heterocycles. The van der Waals surface area contributed by atoms with Crippen molar-refractivity contribution in [3.8, 4) is 0 Å². The van der Waals surface area contributed by atoms with Crippen LogP contribution < -0.4 is 10.2 Å². The molecule has 0 aliphatic rings. The molecule has 0 radical (unpaired) electrons. The van der Waals surface area contributed by atoms with E-state index in [0.717, 1.165) is 18.7 Å². The highest BCUT2D eigenvalue weighted by Gasteiger charge is 2.15. The highest BCUT2D eigenvalue weighted by Crippen LogP contribution is 2.23. The second kappa shape index (κ2) is 6.93. The predicted molar refractivity (Wildman–Crippen MR) is 84.1 cm³/mol. The molecule has 0 aliphatic heterocycles. The van der Waals surface area contributed by atoms with Crippen molar-refractivity contribution < 1.29 is 9.13 Å². The lowest BCUT2D eigenvalue weighted by Gasteiger charge is -2.25. The molecule has 1 aromatic carbocycles. The first kappa shape index (κ1) is 16.8. The lowest BCUT2D eigenvalue weighted by Crippen LogP contribution is -2.27. The molecule has 1 N–H and O–H groups in total. The second-order valence-corrected chi connectivity index (χ2v) is 6.01. The van der Waals surface area contributed by atoms with Gasteiger partial charge in [-0.2, -0.15) is 0 Å². The fraction of sp³-hybridized carbons (Fsp3) is 0.625. The van der Waals surface area contributed by atoms with Gasteiger partial charge in [0.2, 0.25) is 0 Å². The first-order valence-corrected chi connectivity index (χ1v) is 7.08. The number of hydrogen-bond acceptors (Lipinski definition) is 3. The summed E-state index contributed by atoms with van der Waals surface area (Å²) in [5, 5.41) is 3.23. The van der Waals surface area contributed by atoms with Crippen molar-refractivity contribution in [3.05, 3.63) is 24.0 Å². The quantitative estimate of drug-likeness (QED) is 0.821. The minimum absolute atomic E-state index is 0.163. The minimum Gasteiger partial charge on any atom is -0.385 e. The number of anilines is 2. The van der Waals surface area contributed by atoms with E-state index in [1.807, 2.05) is 51.8 Å². The Labute approximate surface area is 122 Å². The molecule has 1 aromatic rings. The first-order chi connectivity index (χ1) is 9.26. The average Bonchev–Trinajstić information content (AvgIpc) is 2.38. The fourth-order valence-corrected chi connectivity index (χ4v) is 1.79. The molecule has 0 fully saturated rings. The van der Waals surface area contributed by atoms with Gasteiger partial charge in [0.15, 0.2) is 0 Å². The van der Waals surface area contributed by atoms with Gasteiger partial charge in [0.05, 0.1) is 11.3 Å². The van der Waals surface area contributed by atoms with Gasteiger partial charge in [-0.1, -0.05) is 0 Å². The molecule has 0 saturated heterocycles. The summed E-state index contributed by atoms with van der Waals surface area (Å²) in [6, 6.07) is 5.55. The number of nitrogens with zero attached hydrogens (tertiary/aromatic N) is 1. The van der Waals surface area contributed by atoms with Gasteiger partial charge in [0.1, 0.15) is 5.82 Å². The van der Waals surface area contributed by atoms with Gasteiger partial charge >= 0.3 is 0 Å². The summed E-state index contributed by atoms with van der Waals surface area (Å²) in [5.74, 6) is -0.197. The Kier molecular flexibility index (Phi) is 5.81. The standard InChI is InChI=1S/C16H27FN2O/c1-12(2)19(5)15-8-7-13(11-14(15)17)18-10-9-16(3,4)20-6/h7-8,11-12,18H,9-10H2,1-6H3. The molecule has 0 spiro atoms. The molecule has 1 rings (SSSR count). The third kappa shape index (κ3) is 4.67. The highest BCUT2D eigenvalue weighted by molar-refractivity contribution is 5.56. The summed E-state index contributed by atoms with van der Waals surface area (Å²) in [6.07, 6.45) is 0.860. The number of hydrogen-bond donors (Lipinski definition) is 1. The van der Waals surface area contributed by atoms with E-state index in [-0.39, 0.29) is 17.5 Å². The zero-order valence-corrected chi connectivity index (χ0v) is 13.5. The summed E-state index contributed by atoms with van der Waals surface area (Å²) in [7, 11) is 3.60. The van der Waals surface area contributed by atoms with Crippen molar-refractivity contribution in [2.75, 3.05) is 30.9 Å². The molecule has 0 amide bonds. The van der Waals surface area contributed by atoms with Crippen molar-refractivity contribution in [1.29, 1.82) is 0 Å². The monoisotopic (exact) mass is 282 g/mol. The normalized spacial score (nSPS) is 11.8. The van der Waals surface area contributed by atoms with E-state index in [9.17, 15) is 4.39 Å². The predicted octanol–water partition coefficient (Wildman–Crippen LogP) is 3.90. The van der Waals surface area contributed by atoms with Crippen LogP contribution in [0.5, 0.6) is 0 Å². The molecule has 0 atom stereocenters. The van der Waals surface area contributed by atoms with E-state index >= 15 is 0 Å². The Balaban J connectivity index is 2.64. The van der Waals surface area contributed by atoms with Gasteiger partial charge in [-0.05, 0) is 52.3 Å². The van der Waals surface area contributed by atoms with Crippen LogP contribution in [0.1, 0.15) is 34.1 Å². The van der Waals surface area contributed by atoms with Crippen molar-refractivity contribution >= 4 is 11.4 Å². The van der Waals surface area contributed by atoms with Crippen LogP contribution in [0.2, 0.25) is 0 Å². The lowest BCUT2D eigenvalue weighted by atomic mass is 10.1. The zero-order valence-electron chi connectivity index (χ0n) is 13.5. The van der Waals surface area contributed by atoms with E-state index in [1.54, 1.807) is 13.2 Å². The van der Waals surface area contributed by atoms with Crippen LogP contribution in [0.3, 0.4) is 0 Å². The zero-order chi connectivity index (χ0) is 15.3. The van der Waals surface area contributed by atoms with Gasteiger partial charge in [0.25, 0.3) is 0 Å². The SMILES string of the molecule is COC(C)(C)CCNc1ccc(N(C)C(C)C)c(F)c1. The van der Waals surface area contributed by atoms with Crippen LogP contribution in [0.15, 0.2) is 18.2 Å². The van der Waals surface area contributed by atoms with Crippen LogP contribution in [0.25, 0.3) is 0 Å². The number of ether oxygens (including phenoxy) is 1. The summed E-state index contributed by atoms with van der Waals surface area (Å²) in [5.41, 5.74) is 1.27. The molecule has 114 valence electrons. The Morgan fingerprint density at radius 3 is 2.50 bits per heavy atom. The first-order valence-electron chi connectivity index (χ1n) is 7.08. The van der Waals surface area contributed by atoms with E-state index in [1.165, 1.54) is 0 Å². The summed E-state index contributed by atoms with van der Waals surface area (Å²) in [4.78, 5) is 1.92. The van der Waals surface area contributed by atoms with Crippen LogP contribution in [0, 0.1) is 5.82 Å². The maximum absolute atomic E-state index is 14.1. The van der Waals surface area contributed by atoms with Crippen molar-refractivity contribution in [2.24, 2.45) is 0 Å². The topological polar surface area (TPSA) is 24.5 Å². The number of rotatable bonds is 7. The Morgan fingerprint density at radius 2 is 2.00 bits per heavy atom. The smallest absolute Gasteiger partial charge is 0.148 e. The van der Waals surface area contributed by atoms with Crippen LogP contribution >= 0.6 is 0 Å². The van der Waals surface area contributed by atoms with E-state index in [2.05, 4.69) is 5.32 Å². The molecule has 4 heteroatoms.